The molecule has 0 bridgehead atoms. The van der Waals surface area contributed by atoms with Crippen LogP contribution in [-0.2, 0) is 22.3 Å². The Labute approximate surface area is 163 Å². The van der Waals surface area contributed by atoms with E-state index in [2.05, 4.69) is 26.7 Å². The molecule has 28 heavy (non-hydrogen) atoms. The Morgan fingerprint density at radius 3 is 2.75 bits per heavy atom. The molecule has 0 saturated carbocycles. The summed E-state index contributed by atoms with van der Waals surface area (Å²) in [6.45, 7) is 7.37. The van der Waals surface area contributed by atoms with Gasteiger partial charge in [-0.3, -0.25) is 0 Å². The minimum absolute atomic E-state index is 0.297. The lowest BCUT2D eigenvalue weighted by Gasteiger charge is -2.32. The highest BCUT2D eigenvalue weighted by atomic mass is 16.5. The average Bonchev–Trinajstić information content (AvgIpc) is 3.12. The summed E-state index contributed by atoms with van der Waals surface area (Å²) < 4.78 is 11.2. The molecule has 1 atom stereocenters. The monoisotopic (exact) mass is 383 g/mol. The molecule has 0 radical (unpaired) electrons. The molecule has 2 N–H and O–H groups in total. The Bertz CT molecular complexity index is 885. The third-order valence-electron chi connectivity index (χ3n) is 5.68. The van der Waals surface area contributed by atoms with Crippen LogP contribution in [0.5, 0.6) is 0 Å². The lowest BCUT2D eigenvalue weighted by Crippen LogP contribution is -2.43. The topological polar surface area (TPSA) is 103 Å². The molecule has 0 aliphatic carbocycles. The molecule has 9 nitrogen and oxygen atoms in total. The van der Waals surface area contributed by atoms with Gasteiger partial charge in [-0.1, -0.05) is 6.92 Å². The Kier molecular flexibility index (Phi) is 4.48. The summed E-state index contributed by atoms with van der Waals surface area (Å²) in [4.78, 5) is 23.3. The number of ether oxygens (including phenoxy) is 2. The van der Waals surface area contributed by atoms with E-state index < -0.39 is 0 Å². The summed E-state index contributed by atoms with van der Waals surface area (Å²) in [5.41, 5.74) is 9.79. The van der Waals surface area contributed by atoms with E-state index in [4.69, 9.17) is 25.2 Å². The maximum Gasteiger partial charge on any atom is 0.228 e. The quantitative estimate of drug-likeness (QED) is 0.819. The number of nitrogens with two attached hydrogens (primary N) is 1. The van der Waals surface area contributed by atoms with Gasteiger partial charge in [0.05, 0.1) is 43.9 Å². The summed E-state index contributed by atoms with van der Waals surface area (Å²) in [6.07, 6.45) is 3.45. The predicted molar refractivity (Wildman–Crippen MR) is 106 cm³/mol. The van der Waals surface area contributed by atoms with Gasteiger partial charge >= 0.3 is 0 Å². The summed E-state index contributed by atoms with van der Waals surface area (Å²) in [7, 11) is 0. The van der Waals surface area contributed by atoms with E-state index >= 15 is 0 Å². The third kappa shape index (κ3) is 2.94. The molecule has 5 heterocycles. The zero-order valence-electron chi connectivity index (χ0n) is 16.1. The SMILES string of the molecule is CCc1nc(N)ncc1-c1nc(N2CCOCC2)nc2c1C[C@@H]1COCCN21. The third-order valence-corrected chi connectivity index (χ3v) is 5.68. The lowest BCUT2D eigenvalue weighted by atomic mass is 10.0. The molecule has 3 aliphatic rings. The predicted octanol–water partition coefficient (Wildman–Crippen LogP) is 0.676. The van der Waals surface area contributed by atoms with E-state index in [0.29, 0.717) is 25.2 Å². The molecule has 2 fully saturated rings. The van der Waals surface area contributed by atoms with Crippen molar-refractivity contribution in [3.8, 4) is 11.3 Å². The van der Waals surface area contributed by atoms with Crippen LogP contribution in [0.1, 0.15) is 18.2 Å². The van der Waals surface area contributed by atoms with Crippen LogP contribution in [0.2, 0.25) is 0 Å². The molecule has 0 aromatic carbocycles. The highest BCUT2D eigenvalue weighted by Crippen LogP contribution is 2.39. The molecule has 9 heteroatoms. The molecular formula is C19H25N7O2. The van der Waals surface area contributed by atoms with E-state index in [0.717, 1.165) is 80.0 Å². The van der Waals surface area contributed by atoms with Crippen molar-refractivity contribution in [2.45, 2.75) is 25.8 Å². The van der Waals surface area contributed by atoms with E-state index in [1.165, 1.54) is 0 Å². The van der Waals surface area contributed by atoms with E-state index in [1.807, 2.05) is 0 Å². The fraction of sp³-hybridized carbons (Fsp3) is 0.579. The van der Waals surface area contributed by atoms with Crippen molar-refractivity contribution in [3.63, 3.8) is 0 Å². The maximum atomic E-state index is 5.83. The van der Waals surface area contributed by atoms with Gasteiger partial charge in [-0.2, -0.15) is 4.98 Å². The highest BCUT2D eigenvalue weighted by Gasteiger charge is 2.37. The lowest BCUT2D eigenvalue weighted by molar-refractivity contribution is 0.0974. The van der Waals surface area contributed by atoms with Gasteiger partial charge in [-0.25, -0.2) is 15.0 Å². The summed E-state index contributed by atoms with van der Waals surface area (Å²) in [6, 6.07) is 0.316. The minimum Gasteiger partial charge on any atom is -0.378 e. The molecular weight excluding hydrogens is 358 g/mol. The van der Waals surface area contributed by atoms with Crippen molar-refractivity contribution in [1.29, 1.82) is 0 Å². The Morgan fingerprint density at radius 1 is 1.11 bits per heavy atom. The first kappa shape index (κ1) is 17.6. The summed E-state index contributed by atoms with van der Waals surface area (Å²) in [5.74, 6) is 2.08. The molecule has 0 unspecified atom stereocenters. The molecule has 0 spiro atoms. The van der Waals surface area contributed by atoms with Crippen LogP contribution in [0.4, 0.5) is 17.7 Å². The molecule has 2 aromatic rings. The number of aromatic nitrogens is 4. The Balaban J connectivity index is 1.66. The highest BCUT2D eigenvalue weighted by molar-refractivity contribution is 5.75. The number of anilines is 3. The van der Waals surface area contributed by atoms with Gasteiger partial charge in [0.1, 0.15) is 5.82 Å². The van der Waals surface area contributed by atoms with Crippen LogP contribution >= 0.6 is 0 Å². The number of morpholine rings is 2. The zero-order chi connectivity index (χ0) is 19.1. The fourth-order valence-corrected chi connectivity index (χ4v) is 4.25. The standard InChI is InChI=1S/C19H25N7O2/c1-2-15-14(10-21-18(20)22-15)16-13-9-12-11-28-8-5-26(12)17(13)24-19(23-16)25-3-6-27-7-4-25/h10,12H,2-9,11H2,1H3,(H2,20,21,22)/t12-/m1/s1. The Morgan fingerprint density at radius 2 is 1.93 bits per heavy atom. The average molecular weight is 383 g/mol. The first-order chi connectivity index (χ1) is 13.7. The fourth-order valence-electron chi connectivity index (χ4n) is 4.25. The van der Waals surface area contributed by atoms with Crippen LogP contribution in [-0.4, -0.2) is 72.0 Å². The van der Waals surface area contributed by atoms with Gasteiger partial charge in [-0.05, 0) is 6.42 Å². The van der Waals surface area contributed by atoms with Gasteiger partial charge in [0, 0.05) is 43.4 Å². The van der Waals surface area contributed by atoms with Crippen LogP contribution < -0.4 is 15.5 Å². The minimum atomic E-state index is 0.297. The first-order valence-corrected chi connectivity index (χ1v) is 9.94. The summed E-state index contributed by atoms with van der Waals surface area (Å²) in [5, 5.41) is 0. The number of nitrogens with zero attached hydrogens (tertiary/aromatic N) is 6. The van der Waals surface area contributed by atoms with Crippen LogP contribution in [0.3, 0.4) is 0 Å². The van der Waals surface area contributed by atoms with Gasteiger partial charge < -0.3 is 25.0 Å². The van der Waals surface area contributed by atoms with E-state index in [9.17, 15) is 0 Å². The molecule has 2 saturated heterocycles. The molecule has 5 rings (SSSR count). The van der Waals surface area contributed by atoms with Crippen molar-refractivity contribution in [3.05, 3.63) is 17.5 Å². The van der Waals surface area contributed by atoms with E-state index in [-0.39, 0.29) is 0 Å². The van der Waals surface area contributed by atoms with Crippen molar-refractivity contribution >= 4 is 17.7 Å². The van der Waals surface area contributed by atoms with Crippen molar-refractivity contribution in [2.75, 3.05) is 61.6 Å². The normalized spacial score (nSPS) is 21.5. The number of fused-ring (bicyclic) bond motifs is 3. The molecule has 3 aliphatic heterocycles. The molecule has 148 valence electrons. The second-order valence-corrected chi connectivity index (χ2v) is 7.34. The van der Waals surface area contributed by atoms with Crippen molar-refractivity contribution in [1.82, 2.24) is 19.9 Å². The number of rotatable bonds is 3. The summed E-state index contributed by atoms with van der Waals surface area (Å²) >= 11 is 0. The van der Waals surface area contributed by atoms with Gasteiger partial charge in [0.2, 0.25) is 11.9 Å². The number of hydrogen-bond donors (Lipinski definition) is 1. The number of aryl methyl sites for hydroxylation is 1. The maximum absolute atomic E-state index is 5.83. The second-order valence-electron chi connectivity index (χ2n) is 7.34. The Hall–Kier alpha value is -2.52. The van der Waals surface area contributed by atoms with Crippen molar-refractivity contribution < 1.29 is 9.47 Å². The smallest absolute Gasteiger partial charge is 0.228 e. The van der Waals surface area contributed by atoms with E-state index in [1.54, 1.807) is 6.20 Å². The van der Waals surface area contributed by atoms with Crippen LogP contribution in [0, 0.1) is 0 Å². The molecule has 0 amide bonds. The number of nitrogen functional groups attached to an aromatic ring is 1. The van der Waals surface area contributed by atoms with Crippen molar-refractivity contribution in [2.24, 2.45) is 0 Å². The zero-order valence-corrected chi connectivity index (χ0v) is 16.1. The van der Waals surface area contributed by atoms with Gasteiger partial charge in [-0.15, -0.1) is 0 Å². The molecule has 2 aromatic heterocycles. The van der Waals surface area contributed by atoms with Crippen LogP contribution in [0.15, 0.2) is 6.20 Å². The first-order valence-electron chi connectivity index (χ1n) is 9.94. The number of hydrogen-bond acceptors (Lipinski definition) is 9. The van der Waals surface area contributed by atoms with Gasteiger partial charge in [0.25, 0.3) is 0 Å². The van der Waals surface area contributed by atoms with Crippen LogP contribution in [0.25, 0.3) is 11.3 Å². The second kappa shape index (κ2) is 7.14. The van der Waals surface area contributed by atoms with Gasteiger partial charge in [0.15, 0.2) is 0 Å². The largest absolute Gasteiger partial charge is 0.378 e.